The van der Waals surface area contributed by atoms with Crippen molar-refractivity contribution in [3.05, 3.63) is 23.2 Å². The summed E-state index contributed by atoms with van der Waals surface area (Å²) in [5.74, 6) is 0.738. The van der Waals surface area contributed by atoms with Gasteiger partial charge in [0.15, 0.2) is 0 Å². The fraction of sp³-hybridized carbons (Fsp3) is 0.462. The molecule has 0 fully saturated rings. The summed E-state index contributed by atoms with van der Waals surface area (Å²) in [4.78, 5) is 11.5. The lowest BCUT2D eigenvalue weighted by Gasteiger charge is -2.12. The molecule has 0 saturated heterocycles. The Kier molecular flexibility index (Phi) is 5.78. The van der Waals surface area contributed by atoms with Gasteiger partial charge in [0.2, 0.25) is 5.91 Å². The van der Waals surface area contributed by atoms with Crippen LogP contribution >= 0.6 is 11.6 Å². The zero-order chi connectivity index (χ0) is 13.5. The molecule has 0 heterocycles. The number of rotatable bonds is 6. The fourth-order valence-electron chi connectivity index (χ4n) is 1.52. The van der Waals surface area contributed by atoms with Crippen molar-refractivity contribution in [2.45, 2.75) is 26.3 Å². The van der Waals surface area contributed by atoms with Crippen molar-refractivity contribution < 1.29 is 9.53 Å². The zero-order valence-electron chi connectivity index (χ0n) is 10.9. The van der Waals surface area contributed by atoms with E-state index in [2.05, 4.69) is 10.6 Å². The summed E-state index contributed by atoms with van der Waals surface area (Å²) in [6.07, 6.45) is 0.411. The lowest BCUT2D eigenvalue weighted by atomic mass is 10.2. The van der Waals surface area contributed by atoms with Crippen molar-refractivity contribution in [3.63, 3.8) is 0 Å². The van der Waals surface area contributed by atoms with Crippen LogP contribution in [0.5, 0.6) is 5.75 Å². The summed E-state index contributed by atoms with van der Waals surface area (Å²) in [6, 6.07) is 5.50. The van der Waals surface area contributed by atoms with Crippen LogP contribution in [-0.4, -0.2) is 25.6 Å². The molecule has 5 heteroatoms. The molecule has 0 atom stereocenters. The fourth-order valence-corrected chi connectivity index (χ4v) is 1.70. The van der Waals surface area contributed by atoms with Gasteiger partial charge in [-0.3, -0.25) is 4.79 Å². The van der Waals surface area contributed by atoms with Crippen LogP contribution in [0.4, 0.5) is 5.69 Å². The van der Waals surface area contributed by atoms with Crippen LogP contribution < -0.4 is 15.4 Å². The van der Waals surface area contributed by atoms with Gasteiger partial charge in [-0.05, 0) is 32.0 Å². The van der Waals surface area contributed by atoms with Gasteiger partial charge in [-0.25, -0.2) is 0 Å². The minimum Gasteiger partial charge on any atom is -0.495 e. The molecular weight excluding hydrogens is 252 g/mol. The largest absolute Gasteiger partial charge is 0.495 e. The summed E-state index contributed by atoms with van der Waals surface area (Å²) < 4.78 is 5.20. The molecule has 2 N–H and O–H groups in total. The first-order valence-corrected chi connectivity index (χ1v) is 6.27. The molecule has 1 aromatic carbocycles. The number of ether oxygens (including phenoxy) is 1. The van der Waals surface area contributed by atoms with E-state index in [1.54, 1.807) is 25.3 Å². The molecule has 0 aromatic heterocycles. The second-order valence-corrected chi connectivity index (χ2v) is 4.68. The predicted molar refractivity (Wildman–Crippen MR) is 74.4 cm³/mol. The Balaban J connectivity index is 2.48. The molecule has 100 valence electrons. The number of methoxy groups -OCH3 is 1. The summed E-state index contributed by atoms with van der Waals surface area (Å²) in [7, 11) is 1.60. The Labute approximate surface area is 113 Å². The van der Waals surface area contributed by atoms with Gasteiger partial charge in [0.25, 0.3) is 0 Å². The van der Waals surface area contributed by atoms with Gasteiger partial charge in [-0.15, -0.1) is 0 Å². The Morgan fingerprint density at radius 2 is 2.17 bits per heavy atom. The maximum atomic E-state index is 11.5. The molecule has 0 aliphatic carbocycles. The Morgan fingerprint density at radius 1 is 1.44 bits per heavy atom. The lowest BCUT2D eigenvalue weighted by molar-refractivity contribution is -0.121. The van der Waals surface area contributed by atoms with E-state index in [-0.39, 0.29) is 11.9 Å². The SMILES string of the molecule is COc1ccc(Cl)cc1NCCC(=O)NC(C)C. The van der Waals surface area contributed by atoms with Gasteiger partial charge < -0.3 is 15.4 Å². The van der Waals surface area contributed by atoms with E-state index in [1.165, 1.54) is 0 Å². The van der Waals surface area contributed by atoms with Gasteiger partial charge in [0.05, 0.1) is 12.8 Å². The Hall–Kier alpha value is -1.42. The number of nitrogens with one attached hydrogen (secondary N) is 2. The van der Waals surface area contributed by atoms with Crippen LogP contribution in [0.15, 0.2) is 18.2 Å². The van der Waals surface area contributed by atoms with Crippen molar-refractivity contribution >= 4 is 23.2 Å². The Bertz CT molecular complexity index is 408. The Morgan fingerprint density at radius 3 is 2.78 bits per heavy atom. The predicted octanol–water partition coefficient (Wildman–Crippen LogP) is 2.68. The maximum absolute atomic E-state index is 11.5. The molecule has 0 bridgehead atoms. The normalized spacial score (nSPS) is 10.3. The first-order valence-electron chi connectivity index (χ1n) is 5.89. The van der Waals surface area contributed by atoms with Gasteiger partial charge in [-0.1, -0.05) is 11.6 Å². The van der Waals surface area contributed by atoms with Crippen molar-refractivity contribution in [2.75, 3.05) is 19.0 Å². The van der Waals surface area contributed by atoms with Crippen LogP contribution in [-0.2, 0) is 4.79 Å². The molecule has 0 saturated carbocycles. The van der Waals surface area contributed by atoms with Gasteiger partial charge >= 0.3 is 0 Å². The minimum atomic E-state index is 0.0264. The van der Waals surface area contributed by atoms with Crippen molar-refractivity contribution in [1.82, 2.24) is 5.32 Å². The van der Waals surface area contributed by atoms with E-state index in [9.17, 15) is 4.79 Å². The molecule has 1 rings (SSSR count). The molecule has 4 nitrogen and oxygen atoms in total. The molecule has 0 radical (unpaired) electrons. The van der Waals surface area contributed by atoms with E-state index in [1.807, 2.05) is 13.8 Å². The molecule has 0 spiro atoms. The van der Waals surface area contributed by atoms with E-state index in [0.717, 1.165) is 5.69 Å². The van der Waals surface area contributed by atoms with Crippen molar-refractivity contribution in [3.8, 4) is 5.75 Å². The van der Waals surface area contributed by atoms with E-state index in [4.69, 9.17) is 16.3 Å². The van der Waals surface area contributed by atoms with Crippen LogP contribution in [0.1, 0.15) is 20.3 Å². The van der Waals surface area contributed by atoms with E-state index < -0.39 is 0 Å². The molecule has 1 aromatic rings. The average molecular weight is 271 g/mol. The van der Waals surface area contributed by atoms with E-state index in [0.29, 0.717) is 23.7 Å². The number of benzene rings is 1. The zero-order valence-corrected chi connectivity index (χ0v) is 11.7. The van der Waals surface area contributed by atoms with Crippen LogP contribution in [0.2, 0.25) is 5.02 Å². The smallest absolute Gasteiger partial charge is 0.221 e. The van der Waals surface area contributed by atoms with Crippen LogP contribution in [0, 0.1) is 0 Å². The topological polar surface area (TPSA) is 50.4 Å². The summed E-state index contributed by atoms with van der Waals surface area (Å²) in [6.45, 7) is 4.41. The standard InChI is InChI=1S/C13H19ClN2O2/c1-9(2)16-13(17)6-7-15-11-8-10(14)4-5-12(11)18-3/h4-5,8-9,15H,6-7H2,1-3H3,(H,16,17). The second-order valence-electron chi connectivity index (χ2n) is 4.24. The van der Waals surface area contributed by atoms with Gasteiger partial charge in [0.1, 0.15) is 5.75 Å². The highest BCUT2D eigenvalue weighted by Crippen LogP contribution is 2.27. The second kappa shape index (κ2) is 7.11. The summed E-state index contributed by atoms with van der Waals surface area (Å²) >= 11 is 5.91. The molecule has 1 amide bonds. The third-order valence-corrected chi connectivity index (χ3v) is 2.51. The van der Waals surface area contributed by atoms with Gasteiger partial charge in [0, 0.05) is 24.0 Å². The highest BCUT2D eigenvalue weighted by Gasteiger charge is 2.06. The third kappa shape index (κ3) is 4.84. The highest BCUT2D eigenvalue weighted by molar-refractivity contribution is 6.30. The van der Waals surface area contributed by atoms with Crippen LogP contribution in [0.25, 0.3) is 0 Å². The van der Waals surface area contributed by atoms with Crippen molar-refractivity contribution in [2.24, 2.45) is 0 Å². The average Bonchev–Trinajstić information content (AvgIpc) is 2.28. The minimum absolute atomic E-state index is 0.0264. The van der Waals surface area contributed by atoms with Crippen LogP contribution in [0.3, 0.4) is 0 Å². The van der Waals surface area contributed by atoms with Gasteiger partial charge in [-0.2, -0.15) is 0 Å². The number of anilines is 1. The quantitative estimate of drug-likeness (QED) is 0.836. The number of hydrogen-bond acceptors (Lipinski definition) is 3. The number of hydrogen-bond donors (Lipinski definition) is 2. The molecule has 0 aliphatic heterocycles. The first kappa shape index (κ1) is 14.6. The molecular formula is C13H19ClN2O2. The maximum Gasteiger partial charge on any atom is 0.221 e. The number of carbonyl (C=O) groups is 1. The number of carbonyl (C=O) groups excluding carboxylic acids is 1. The monoisotopic (exact) mass is 270 g/mol. The highest BCUT2D eigenvalue weighted by atomic mass is 35.5. The number of halogens is 1. The number of amides is 1. The van der Waals surface area contributed by atoms with Crippen molar-refractivity contribution in [1.29, 1.82) is 0 Å². The molecule has 18 heavy (non-hydrogen) atoms. The lowest BCUT2D eigenvalue weighted by Crippen LogP contribution is -2.31. The third-order valence-electron chi connectivity index (χ3n) is 2.28. The molecule has 0 unspecified atom stereocenters. The summed E-state index contributed by atoms with van der Waals surface area (Å²) in [5.41, 5.74) is 0.794. The first-order chi connectivity index (χ1) is 8.52. The molecule has 0 aliphatic rings. The van der Waals surface area contributed by atoms with E-state index >= 15 is 0 Å². The summed E-state index contributed by atoms with van der Waals surface area (Å²) in [5, 5.41) is 6.60.